The molecule has 0 radical (unpaired) electrons. The van der Waals surface area contributed by atoms with E-state index in [-0.39, 0.29) is 32.3 Å². The van der Waals surface area contributed by atoms with Crippen LogP contribution in [0.3, 0.4) is 0 Å². The second-order valence-electron chi connectivity index (χ2n) is 4.51. The Bertz CT molecular complexity index is 482. The molecule has 1 atom stereocenters. The summed E-state index contributed by atoms with van der Waals surface area (Å²) in [5.41, 5.74) is 4.58. The van der Waals surface area contributed by atoms with Gasteiger partial charge in [-0.15, -0.1) is 0 Å². The summed E-state index contributed by atoms with van der Waals surface area (Å²) in [5.74, 6) is -9.59. The van der Waals surface area contributed by atoms with Gasteiger partial charge < -0.3 is 10.5 Å². The Morgan fingerprint density at radius 3 is 2.10 bits per heavy atom. The minimum Gasteiger partial charge on any atom is -0.374 e. The van der Waals surface area contributed by atoms with Crippen molar-refractivity contribution in [3.8, 4) is 0 Å². The van der Waals surface area contributed by atoms with Gasteiger partial charge in [0.05, 0.1) is 12.7 Å². The second kappa shape index (κ2) is 6.02. The van der Waals surface area contributed by atoms with Gasteiger partial charge in [-0.1, -0.05) is 0 Å². The lowest BCUT2D eigenvalue weighted by Gasteiger charge is -2.32. The van der Waals surface area contributed by atoms with E-state index in [1.54, 1.807) is 4.90 Å². The monoisotopic (exact) mass is 296 g/mol. The van der Waals surface area contributed by atoms with Gasteiger partial charge in [-0.05, 0) is 0 Å². The highest BCUT2D eigenvalue weighted by Gasteiger charge is 2.28. The maximum absolute atomic E-state index is 13.5. The number of ether oxygens (including phenoxy) is 1. The van der Waals surface area contributed by atoms with Crippen LogP contribution in [-0.2, 0) is 11.3 Å². The number of benzene rings is 1. The molecule has 1 aliphatic heterocycles. The maximum atomic E-state index is 13.5. The molecule has 1 aromatic carbocycles. The highest BCUT2D eigenvalue weighted by atomic mass is 19.2. The normalized spacial score (nSPS) is 20.4. The van der Waals surface area contributed by atoms with Crippen LogP contribution in [0.5, 0.6) is 0 Å². The van der Waals surface area contributed by atoms with E-state index in [0.717, 1.165) is 0 Å². The first kappa shape index (κ1) is 15.1. The Hall–Kier alpha value is -1.25. The summed E-state index contributed by atoms with van der Waals surface area (Å²) >= 11 is 0. The highest BCUT2D eigenvalue weighted by Crippen LogP contribution is 2.24. The Kier molecular flexibility index (Phi) is 4.56. The van der Waals surface area contributed by atoms with E-state index in [1.807, 2.05) is 0 Å². The van der Waals surface area contributed by atoms with E-state index in [9.17, 15) is 22.0 Å². The van der Waals surface area contributed by atoms with Gasteiger partial charge in [-0.3, -0.25) is 4.90 Å². The molecule has 0 aromatic heterocycles. The van der Waals surface area contributed by atoms with Gasteiger partial charge in [-0.25, -0.2) is 22.0 Å². The molecule has 1 unspecified atom stereocenters. The summed E-state index contributed by atoms with van der Waals surface area (Å²) in [6, 6.07) is 0. The molecular weight excluding hydrogens is 283 g/mol. The van der Waals surface area contributed by atoms with Crippen molar-refractivity contribution in [3.05, 3.63) is 34.6 Å². The number of hydrogen-bond donors (Lipinski definition) is 1. The number of hydrogen-bond acceptors (Lipinski definition) is 3. The fourth-order valence-corrected chi connectivity index (χ4v) is 2.08. The number of morpholine rings is 1. The van der Waals surface area contributed by atoms with E-state index >= 15 is 0 Å². The maximum Gasteiger partial charge on any atom is 0.200 e. The zero-order chi connectivity index (χ0) is 14.9. The first-order valence-electron chi connectivity index (χ1n) is 6.00. The van der Waals surface area contributed by atoms with Crippen molar-refractivity contribution in [1.29, 1.82) is 0 Å². The van der Waals surface area contributed by atoms with Crippen LogP contribution in [-0.4, -0.2) is 37.2 Å². The van der Waals surface area contributed by atoms with Gasteiger partial charge in [0.25, 0.3) is 0 Å². The summed E-state index contributed by atoms with van der Waals surface area (Å²) < 4.78 is 71.4. The van der Waals surface area contributed by atoms with Crippen LogP contribution in [0.2, 0.25) is 0 Å². The van der Waals surface area contributed by atoms with Gasteiger partial charge >= 0.3 is 0 Å². The average Bonchev–Trinajstić information content (AvgIpc) is 2.48. The zero-order valence-corrected chi connectivity index (χ0v) is 10.4. The molecule has 3 nitrogen and oxygen atoms in total. The topological polar surface area (TPSA) is 38.5 Å². The first-order chi connectivity index (χ1) is 9.45. The minimum absolute atomic E-state index is 0.216. The lowest BCUT2D eigenvalue weighted by molar-refractivity contribution is -0.0267. The predicted octanol–water partition coefficient (Wildman–Crippen LogP) is 1.54. The summed E-state index contributed by atoms with van der Waals surface area (Å²) in [4.78, 5) is 1.54. The minimum atomic E-state index is -2.15. The SMILES string of the molecule is NCC1CN(Cc2c(F)c(F)c(F)c(F)c2F)CCO1. The Morgan fingerprint density at radius 2 is 1.55 bits per heavy atom. The fourth-order valence-electron chi connectivity index (χ4n) is 2.08. The van der Waals surface area contributed by atoms with Crippen molar-refractivity contribution in [2.45, 2.75) is 12.6 Å². The molecule has 1 heterocycles. The molecule has 1 aromatic rings. The van der Waals surface area contributed by atoms with Crippen molar-refractivity contribution < 1.29 is 26.7 Å². The third-order valence-corrected chi connectivity index (χ3v) is 3.17. The third-order valence-electron chi connectivity index (χ3n) is 3.17. The smallest absolute Gasteiger partial charge is 0.200 e. The standard InChI is InChI=1S/C12H13F5N2O/c13-8-7(9(14)11(16)12(17)10(8)15)5-19-1-2-20-6(3-18)4-19/h6H,1-5,18H2. The molecule has 1 aliphatic rings. The Labute approximate surface area is 112 Å². The average molecular weight is 296 g/mol. The van der Waals surface area contributed by atoms with Crippen LogP contribution in [0, 0.1) is 29.1 Å². The molecule has 0 spiro atoms. The quantitative estimate of drug-likeness (QED) is 0.522. The van der Waals surface area contributed by atoms with Gasteiger partial charge in [0.2, 0.25) is 5.82 Å². The molecule has 112 valence electrons. The molecule has 1 fully saturated rings. The number of nitrogens with zero attached hydrogens (tertiary/aromatic N) is 1. The highest BCUT2D eigenvalue weighted by molar-refractivity contribution is 5.24. The molecular formula is C12H13F5N2O. The summed E-state index contributed by atoms with van der Waals surface area (Å²) in [6.07, 6.45) is -0.315. The predicted molar refractivity (Wildman–Crippen MR) is 60.3 cm³/mol. The van der Waals surface area contributed by atoms with Crippen LogP contribution >= 0.6 is 0 Å². The molecule has 20 heavy (non-hydrogen) atoms. The van der Waals surface area contributed by atoms with E-state index in [1.165, 1.54) is 0 Å². The fraction of sp³-hybridized carbons (Fsp3) is 0.500. The number of halogens is 5. The van der Waals surface area contributed by atoms with Gasteiger partial charge in [0.15, 0.2) is 23.3 Å². The largest absolute Gasteiger partial charge is 0.374 e. The van der Waals surface area contributed by atoms with Crippen LogP contribution in [0.1, 0.15) is 5.56 Å². The Morgan fingerprint density at radius 1 is 1.00 bits per heavy atom. The summed E-state index contributed by atoms with van der Waals surface area (Å²) in [6.45, 7) is 0.725. The number of rotatable bonds is 3. The molecule has 0 bridgehead atoms. The van der Waals surface area contributed by atoms with Gasteiger partial charge in [0, 0.05) is 31.7 Å². The van der Waals surface area contributed by atoms with Crippen LogP contribution in [0.25, 0.3) is 0 Å². The Balaban J connectivity index is 2.25. The summed E-state index contributed by atoms with van der Waals surface area (Å²) in [5, 5.41) is 0. The lowest BCUT2D eigenvalue weighted by atomic mass is 10.1. The third kappa shape index (κ3) is 2.77. The van der Waals surface area contributed by atoms with Crippen LogP contribution in [0.15, 0.2) is 0 Å². The van der Waals surface area contributed by atoms with Crippen LogP contribution < -0.4 is 5.73 Å². The molecule has 0 amide bonds. The zero-order valence-electron chi connectivity index (χ0n) is 10.4. The van der Waals surface area contributed by atoms with E-state index in [4.69, 9.17) is 10.5 Å². The second-order valence-corrected chi connectivity index (χ2v) is 4.51. The van der Waals surface area contributed by atoms with E-state index in [0.29, 0.717) is 6.54 Å². The molecule has 0 saturated carbocycles. The van der Waals surface area contributed by atoms with E-state index < -0.39 is 34.6 Å². The summed E-state index contributed by atoms with van der Waals surface area (Å²) in [7, 11) is 0. The molecule has 0 aliphatic carbocycles. The van der Waals surface area contributed by atoms with Crippen molar-refractivity contribution in [2.75, 3.05) is 26.2 Å². The molecule has 1 saturated heterocycles. The molecule has 8 heteroatoms. The van der Waals surface area contributed by atoms with Crippen molar-refractivity contribution in [1.82, 2.24) is 4.90 Å². The first-order valence-corrected chi connectivity index (χ1v) is 6.00. The molecule has 2 rings (SSSR count). The molecule has 2 N–H and O–H groups in total. The van der Waals surface area contributed by atoms with E-state index in [2.05, 4.69) is 0 Å². The van der Waals surface area contributed by atoms with Crippen molar-refractivity contribution >= 4 is 0 Å². The number of nitrogens with two attached hydrogens (primary N) is 1. The van der Waals surface area contributed by atoms with Crippen LogP contribution in [0.4, 0.5) is 22.0 Å². The van der Waals surface area contributed by atoms with Gasteiger partial charge in [-0.2, -0.15) is 0 Å². The van der Waals surface area contributed by atoms with Crippen molar-refractivity contribution in [2.24, 2.45) is 5.73 Å². The van der Waals surface area contributed by atoms with Gasteiger partial charge in [0.1, 0.15) is 0 Å². The lowest BCUT2D eigenvalue weighted by Crippen LogP contribution is -2.45. The van der Waals surface area contributed by atoms with Crippen molar-refractivity contribution in [3.63, 3.8) is 0 Å².